The molecule has 3 N–H and O–H groups in total. The van der Waals surface area contributed by atoms with Gasteiger partial charge in [-0.1, -0.05) is 30.3 Å². The van der Waals surface area contributed by atoms with Crippen LogP contribution in [0.2, 0.25) is 0 Å². The Labute approximate surface area is 191 Å². The number of pyridine rings is 1. The topological polar surface area (TPSA) is 99.9 Å². The zero-order chi connectivity index (χ0) is 22.8. The van der Waals surface area contributed by atoms with Gasteiger partial charge in [0.15, 0.2) is 0 Å². The Kier molecular flexibility index (Phi) is 5.60. The van der Waals surface area contributed by atoms with Gasteiger partial charge in [0.05, 0.1) is 16.9 Å². The van der Waals surface area contributed by atoms with Crippen LogP contribution in [0.5, 0.6) is 0 Å². The van der Waals surface area contributed by atoms with Crippen LogP contribution in [0, 0.1) is 5.41 Å². The van der Waals surface area contributed by atoms with Crippen molar-refractivity contribution in [1.29, 1.82) is 5.41 Å². The van der Waals surface area contributed by atoms with Gasteiger partial charge in [0, 0.05) is 42.1 Å². The van der Waals surface area contributed by atoms with E-state index in [0.29, 0.717) is 5.56 Å². The first kappa shape index (κ1) is 20.9. The number of amides is 2. The summed E-state index contributed by atoms with van der Waals surface area (Å²) in [4.78, 5) is 30.0. The summed E-state index contributed by atoms with van der Waals surface area (Å²) in [5, 5.41) is 15.0. The molecule has 0 atom stereocenters. The minimum absolute atomic E-state index is 0.0478. The molecule has 0 radical (unpaired) electrons. The zero-order valence-electron chi connectivity index (χ0n) is 18.2. The lowest BCUT2D eigenvalue weighted by molar-refractivity contribution is -0.123. The van der Waals surface area contributed by atoms with E-state index in [1.54, 1.807) is 12.3 Å². The second-order valence-electron chi connectivity index (χ2n) is 8.35. The number of nitrogens with zero attached hydrogens (tertiary/aromatic N) is 2. The number of hydrogen-bond donors (Lipinski definition) is 3. The highest BCUT2D eigenvalue weighted by Gasteiger charge is 2.35. The largest absolute Gasteiger partial charge is 0.388 e. The molecule has 0 saturated carbocycles. The number of benzene rings is 1. The van der Waals surface area contributed by atoms with Gasteiger partial charge in [-0.05, 0) is 49.5 Å². The third kappa shape index (κ3) is 4.09. The maximum absolute atomic E-state index is 12.8. The van der Waals surface area contributed by atoms with E-state index in [1.807, 2.05) is 41.1 Å². The fourth-order valence-electron chi connectivity index (χ4n) is 4.55. The van der Waals surface area contributed by atoms with Gasteiger partial charge >= 0.3 is 0 Å². The number of allylic oxidation sites excluding steroid dienone is 2. The molecule has 2 aromatic heterocycles. The average Bonchev–Trinajstić information content (AvgIpc) is 3.52. The van der Waals surface area contributed by atoms with E-state index in [-0.39, 0.29) is 16.9 Å². The molecule has 1 aromatic carbocycles. The van der Waals surface area contributed by atoms with Crippen molar-refractivity contribution in [3.05, 3.63) is 83.3 Å². The Bertz CT molecular complexity index is 1310. The molecular weight excluding hydrogens is 414 g/mol. The standard InChI is InChI=1S/C26H25N5O2/c27-21(15-18-10-4-12-28-18)23-22(25(32)30-26(23)33)20-16-31(24-19(20)11-5-13-29-24)14-6-9-17-7-2-1-3-8-17/h1-3,5,7-8,11,13,15-16,27-28H,4,6,9-10,12,14H2,(H,30,32,33)/b18-15-,27-21?. The van der Waals surface area contributed by atoms with Crippen LogP contribution in [-0.2, 0) is 22.6 Å². The number of hydrogen-bond acceptors (Lipinski definition) is 5. The van der Waals surface area contributed by atoms with Crippen molar-refractivity contribution in [2.75, 3.05) is 6.54 Å². The van der Waals surface area contributed by atoms with Gasteiger partial charge in [0.2, 0.25) is 0 Å². The number of imide groups is 1. The molecule has 33 heavy (non-hydrogen) atoms. The molecule has 2 amide bonds. The summed E-state index contributed by atoms with van der Waals surface area (Å²) < 4.78 is 2.04. The number of nitrogens with one attached hydrogen (secondary N) is 3. The molecule has 1 fully saturated rings. The molecule has 1 saturated heterocycles. The van der Waals surface area contributed by atoms with Crippen molar-refractivity contribution in [2.24, 2.45) is 0 Å². The molecule has 166 valence electrons. The Morgan fingerprint density at radius 2 is 1.97 bits per heavy atom. The minimum atomic E-state index is -0.524. The fourth-order valence-corrected chi connectivity index (χ4v) is 4.55. The van der Waals surface area contributed by atoms with Crippen molar-refractivity contribution in [3.8, 4) is 0 Å². The van der Waals surface area contributed by atoms with Crippen molar-refractivity contribution in [3.63, 3.8) is 0 Å². The van der Waals surface area contributed by atoms with Crippen molar-refractivity contribution >= 4 is 34.1 Å². The summed E-state index contributed by atoms with van der Waals surface area (Å²) in [6.45, 7) is 1.59. The normalized spacial score (nSPS) is 17.2. The van der Waals surface area contributed by atoms with Gasteiger partial charge in [-0.25, -0.2) is 4.98 Å². The predicted octanol–water partition coefficient (Wildman–Crippen LogP) is 3.37. The number of carbonyl (C=O) groups excluding carboxylic acids is 2. The van der Waals surface area contributed by atoms with Gasteiger partial charge in [0.25, 0.3) is 11.8 Å². The monoisotopic (exact) mass is 439 g/mol. The van der Waals surface area contributed by atoms with Crippen molar-refractivity contribution in [1.82, 2.24) is 20.2 Å². The smallest absolute Gasteiger partial charge is 0.261 e. The maximum atomic E-state index is 12.8. The van der Waals surface area contributed by atoms with Gasteiger partial charge < -0.3 is 9.88 Å². The molecule has 4 heterocycles. The molecule has 0 aliphatic carbocycles. The van der Waals surface area contributed by atoms with E-state index >= 15 is 0 Å². The molecule has 5 rings (SSSR count). The molecular formula is C26H25N5O2. The Morgan fingerprint density at radius 3 is 2.76 bits per heavy atom. The predicted molar refractivity (Wildman–Crippen MR) is 128 cm³/mol. The van der Waals surface area contributed by atoms with Crippen molar-refractivity contribution in [2.45, 2.75) is 32.2 Å². The SMILES string of the molecule is N=C(/C=C1/CCCN1)C1=C(c2cn(CCCc3ccccc3)c3ncccc23)C(=O)NC1=O. The van der Waals surface area contributed by atoms with Crippen LogP contribution in [0.3, 0.4) is 0 Å². The van der Waals surface area contributed by atoms with Crippen LogP contribution in [-0.4, -0.2) is 33.6 Å². The van der Waals surface area contributed by atoms with Crippen LogP contribution >= 0.6 is 0 Å². The Morgan fingerprint density at radius 1 is 1.12 bits per heavy atom. The summed E-state index contributed by atoms with van der Waals surface area (Å²) in [6.07, 6.45) is 8.97. The molecule has 7 heteroatoms. The lowest BCUT2D eigenvalue weighted by Gasteiger charge is -2.05. The number of rotatable bonds is 7. The first-order valence-electron chi connectivity index (χ1n) is 11.2. The maximum Gasteiger partial charge on any atom is 0.261 e. The molecule has 0 unspecified atom stereocenters. The molecule has 7 nitrogen and oxygen atoms in total. The highest BCUT2D eigenvalue weighted by atomic mass is 16.2. The average molecular weight is 440 g/mol. The Hall–Kier alpha value is -4.00. The van der Waals surface area contributed by atoms with E-state index in [4.69, 9.17) is 5.41 Å². The van der Waals surface area contributed by atoms with E-state index in [0.717, 1.165) is 55.5 Å². The quantitative estimate of drug-likeness (QED) is 0.388. The summed E-state index contributed by atoms with van der Waals surface area (Å²) in [5.41, 5.74) is 4.01. The van der Waals surface area contributed by atoms with E-state index in [1.165, 1.54) is 5.56 Å². The van der Waals surface area contributed by atoms with Gasteiger partial charge in [-0.15, -0.1) is 0 Å². The summed E-state index contributed by atoms with van der Waals surface area (Å²) >= 11 is 0. The zero-order valence-corrected chi connectivity index (χ0v) is 18.2. The Balaban J connectivity index is 1.51. The summed E-state index contributed by atoms with van der Waals surface area (Å²) in [5.74, 6) is -0.992. The number of fused-ring (bicyclic) bond motifs is 1. The van der Waals surface area contributed by atoms with Gasteiger partial charge in [0.1, 0.15) is 5.65 Å². The lowest BCUT2D eigenvalue weighted by atomic mass is 9.98. The lowest BCUT2D eigenvalue weighted by Crippen LogP contribution is -2.24. The third-order valence-electron chi connectivity index (χ3n) is 6.10. The van der Waals surface area contributed by atoms with Crippen LogP contribution in [0.4, 0.5) is 0 Å². The number of carbonyl (C=O) groups is 2. The van der Waals surface area contributed by atoms with Gasteiger partial charge in [-0.3, -0.25) is 20.3 Å². The highest BCUT2D eigenvalue weighted by Crippen LogP contribution is 2.32. The summed E-state index contributed by atoms with van der Waals surface area (Å²) in [6, 6.07) is 14.0. The molecule has 2 aliphatic rings. The van der Waals surface area contributed by atoms with Crippen LogP contribution in [0.15, 0.2) is 72.2 Å². The van der Waals surface area contributed by atoms with Crippen LogP contribution in [0.25, 0.3) is 16.6 Å². The third-order valence-corrected chi connectivity index (χ3v) is 6.10. The first-order valence-corrected chi connectivity index (χ1v) is 11.2. The van der Waals surface area contributed by atoms with E-state index in [2.05, 4.69) is 27.8 Å². The summed E-state index contributed by atoms with van der Waals surface area (Å²) in [7, 11) is 0. The molecule has 2 aliphatic heterocycles. The van der Waals surface area contributed by atoms with Crippen LogP contribution < -0.4 is 10.6 Å². The fraction of sp³-hybridized carbons (Fsp3) is 0.231. The van der Waals surface area contributed by atoms with E-state index in [9.17, 15) is 9.59 Å². The van der Waals surface area contributed by atoms with Gasteiger partial charge in [-0.2, -0.15) is 0 Å². The highest BCUT2D eigenvalue weighted by molar-refractivity contribution is 6.46. The van der Waals surface area contributed by atoms with E-state index < -0.39 is 11.8 Å². The second kappa shape index (κ2) is 8.86. The second-order valence-corrected chi connectivity index (χ2v) is 8.35. The van der Waals surface area contributed by atoms with Crippen molar-refractivity contribution < 1.29 is 9.59 Å². The minimum Gasteiger partial charge on any atom is -0.388 e. The molecule has 0 bridgehead atoms. The molecule has 3 aromatic rings. The first-order chi connectivity index (χ1) is 16.1. The number of aryl methyl sites for hydroxylation is 2. The molecule has 0 spiro atoms. The van der Waals surface area contributed by atoms with Crippen LogP contribution in [0.1, 0.15) is 30.4 Å². The number of aromatic nitrogens is 2.